The summed E-state index contributed by atoms with van der Waals surface area (Å²) in [6, 6.07) is 2.86. The fraction of sp³-hybridized carbons (Fsp3) is 0.364. The summed E-state index contributed by atoms with van der Waals surface area (Å²) in [5.74, 6) is -1.97. The van der Waals surface area contributed by atoms with Gasteiger partial charge in [0.2, 0.25) is 0 Å². The molecule has 0 fully saturated rings. The summed E-state index contributed by atoms with van der Waals surface area (Å²) in [7, 11) is 1.75. The lowest BCUT2D eigenvalue weighted by Gasteiger charge is -2.11. The minimum atomic E-state index is -0.726. The predicted molar refractivity (Wildman–Crippen MR) is 57.2 cm³/mol. The van der Waals surface area contributed by atoms with Crippen LogP contribution in [0.5, 0.6) is 0 Å². The molecule has 88 valence electrons. The van der Waals surface area contributed by atoms with Gasteiger partial charge in [-0.1, -0.05) is 0 Å². The Balaban J connectivity index is 2.69. The molecule has 0 radical (unpaired) electrons. The van der Waals surface area contributed by atoms with Crippen LogP contribution in [0, 0.1) is 11.6 Å². The highest BCUT2D eigenvalue weighted by molar-refractivity contribution is 5.94. The molecule has 3 nitrogen and oxygen atoms in total. The third-order valence-corrected chi connectivity index (χ3v) is 2.23. The monoisotopic (exact) mass is 228 g/mol. The van der Waals surface area contributed by atoms with Crippen molar-refractivity contribution in [2.45, 2.75) is 13.0 Å². The molecule has 0 aliphatic rings. The molecule has 0 aromatic heterocycles. The molecular formula is C11H14F2N2O. The van der Waals surface area contributed by atoms with Crippen molar-refractivity contribution in [2.75, 3.05) is 13.6 Å². The number of hydrogen-bond acceptors (Lipinski definition) is 2. The minimum absolute atomic E-state index is 0.0700. The molecule has 16 heavy (non-hydrogen) atoms. The van der Waals surface area contributed by atoms with E-state index in [1.54, 1.807) is 7.05 Å². The zero-order chi connectivity index (χ0) is 12.1. The van der Waals surface area contributed by atoms with Crippen LogP contribution in [0.1, 0.15) is 17.3 Å². The molecule has 1 rings (SSSR count). The largest absolute Gasteiger partial charge is 0.350 e. The Bertz CT molecular complexity index is 382. The van der Waals surface area contributed by atoms with Gasteiger partial charge >= 0.3 is 0 Å². The summed E-state index contributed by atoms with van der Waals surface area (Å²) in [5, 5.41) is 5.42. The highest BCUT2D eigenvalue weighted by Crippen LogP contribution is 2.09. The molecule has 5 heteroatoms. The number of amides is 1. The van der Waals surface area contributed by atoms with E-state index in [0.29, 0.717) is 6.54 Å². The van der Waals surface area contributed by atoms with Gasteiger partial charge in [-0.05, 0) is 32.2 Å². The lowest BCUT2D eigenvalue weighted by Crippen LogP contribution is -2.37. The summed E-state index contributed by atoms with van der Waals surface area (Å²) in [6.45, 7) is 2.22. The number of nitrogens with one attached hydrogen (secondary N) is 2. The van der Waals surface area contributed by atoms with Crippen molar-refractivity contribution >= 4 is 5.91 Å². The number of halogens is 2. The van der Waals surface area contributed by atoms with Gasteiger partial charge in [0.25, 0.3) is 5.91 Å². The molecular weight excluding hydrogens is 214 g/mol. The van der Waals surface area contributed by atoms with Gasteiger partial charge in [0.05, 0.1) is 5.56 Å². The Morgan fingerprint density at radius 3 is 2.75 bits per heavy atom. The first-order valence-electron chi connectivity index (χ1n) is 4.95. The van der Waals surface area contributed by atoms with Gasteiger partial charge in [0, 0.05) is 12.6 Å². The first kappa shape index (κ1) is 12.6. The summed E-state index contributed by atoms with van der Waals surface area (Å²) < 4.78 is 26.0. The molecule has 2 N–H and O–H groups in total. The first-order valence-corrected chi connectivity index (χ1v) is 4.95. The van der Waals surface area contributed by atoms with Gasteiger partial charge < -0.3 is 10.6 Å². The second-order valence-corrected chi connectivity index (χ2v) is 3.52. The molecule has 0 spiro atoms. The van der Waals surface area contributed by atoms with Gasteiger partial charge in [-0.25, -0.2) is 8.78 Å². The second-order valence-electron chi connectivity index (χ2n) is 3.52. The number of benzene rings is 1. The maximum Gasteiger partial charge on any atom is 0.254 e. The highest BCUT2D eigenvalue weighted by atomic mass is 19.1. The Hall–Kier alpha value is -1.49. The van der Waals surface area contributed by atoms with E-state index in [9.17, 15) is 13.6 Å². The van der Waals surface area contributed by atoms with Crippen LogP contribution in [0.2, 0.25) is 0 Å². The SMILES string of the molecule is CNC(C)CNC(=O)c1cc(F)ccc1F. The van der Waals surface area contributed by atoms with Crippen LogP contribution in [0.25, 0.3) is 0 Å². The van der Waals surface area contributed by atoms with Crippen molar-refractivity contribution in [2.24, 2.45) is 0 Å². The van der Waals surface area contributed by atoms with E-state index in [-0.39, 0.29) is 11.6 Å². The lowest BCUT2D eigenvalue weighted by molar-refractivity contribution is 0.0946. The van der Waals surface area contributed by atoms with Gasteiger partial charge in [-0.15, -0.1) is 0 Å². The minimum Gasteiger partial charge on any atom is -0.350 e. The van der Waals surface area contributed by atoms with E-state index >= 15 is 0 Å². The summed E-state index contributed by atoms with van der Waals surface area (Å²) in [6.07, 6.45) is 0. The quantitative estimate of drug-likeness (QED) is 0.815. The molecule has 1 aromatic rings. The van der Waals surface area contributed by atoms with E-state index in [0.717, 1.165) is 18.2 Å². The maximum absolute atomic E-state index is 13.2. The fourth-order valence-corrected chi connectivity index (χ4v) is 1.11. The topological polar surface area (TPSA) is 41.1 Å². The third-order valence-electron chi connectivity index (χ3n) is 2.23. The molecule has 0 aliphatic carbocycles. The molecule has 1 aromatic carbocycles. The van der Waals surface area contributed by atoms with Crippen LogP contribution in [-0.4, -0.2) is 25.5 Å². The molecule has 1 unspecified atom stereocenters. The van der Waals surface area contributed by atoms with Crippen molar-refractivity contribution in [1.82, 2.24) is 10.6 Å². The normalized spacial score (nSPS) is 12.2. The Morgan fingerprint density at radius 1 is 1.44 bits per heavy atom. The van der Waals surface area contributed by atoms with Crippen molar-refractivity contribution in [3.63, 3.8) is 0 Å². The number of likely N-dealkylation sites (N-methyl/N-ethyl adjacent to an activating group) is 1. The first-order chi connectivity index (χ1) is 7.54. The summed E-state index contributed by atoms with van der Waals surface area (Å²) in [4.78, 5) is 11.5. The maximum atomic E-state index is 13.2. The zero-order valence-electron chi connectivity index (χ0n) is 9.18. The van der Waals surface area contributed by atoms with E-state index in [1.165, 1.54) is 0 Å². The highest BCUT2D eigenvalue weighted by Gasteiger charge is 2.12. The second kappa shape index (κ2) is 5.55. The third kappa shape index (κ3) is 3.27. The number of hydrogen-bond donors (Lipinski definition) is 2. The average molecular weight is 228 g/mol. The molecule has 0 bridgehead atoms. The van der Waals surface area contributed by atoms with E-state index in [2.05, 4.69) is 10.6 Å². The molecule has 1 amide bonds. The molecule has 0 saturated carbocycles. The van der Waals surface area contributed by atoms with E-state index in [1.807, 2.05) is 6.92 Å². The van der Waals surface area contributed by atoms with Gasteiger partial charge in [-0.3, -0.25) is 4.79 Å². The standard InChI is InChI=1S/C11H14F2N2O/c1-7(14-2)6-15-11(16)9-5-8(12)3-4-10(9)13/h3-5,7,14H,6H2,1-2H3,(H,15,16). The van der Waals surface area contributed by atoms with Gasteiger partial charge in [0.1, 0.15) is 11.6 Å². The van der Waals surface area contributed by atoms with Crippen LogP contribution in [-0.2, 0) is 0 Å². The molecule has 1 atom stereocenters. The van der Waals surface area contributed by atoms with E-state index < -0.39 is 17.5 Å². The van der Waals surface area contributed by atoms with Crippen molar-refractivity contribution in [3.8, 4) is 0 Å². The molecule has 0 aliphatic heterocycles. The number of carbonyl (C=O) groups excluding carboxylic acids is 1. The zero-order valence-corrected chi connectivity index (χ0v) is 9.18. The molecule has 0 saturated heterocycles. The van der Waals surface area contributed by atoms with Crippen molar-refractivity contribution < 1.29 is 13.6 Å². The lowest BCUT2D eigenvalue weighted by atomic mass is 10.2. The summed E-state index contributed by atoms with van der Waals surface area (Å²) in [5.41, 5.74) is -0.275. The average Bonchev–Trinajstić information content (AvgIpc) is 2.28. The van der Waals surface area contributed by atoms with Crippen LogP contribution >= 0.6 is 0 Å². The fourth-order valence-electron chi connectivity index (χ4n) is 1.11. The number of carbonyl (C=O) groups is 1. The summed E-state index contributed by atoms with van der Waals surface area (Å²) >= 11 is 0. The van der Waals surface area contributed by atoms with Gasteiger partial charge in [-0.2, -0.15) is 0 Å². The Kier molecular flexibility index (Phi) is 4.37. The van der Waals surface area contributed by atoms with Gasteiger partial charge in [0.15, 0.2) is 0 Å². The van der Waals surface area contributed by atoms with Crippen LogP contribution < -0.4 is 10.6 Å². The Morgan fingerprint density at radius 2 is 2.12 bits per heavy atom. The number of rotatable bonds is 4. The smallest absolute Gasteiger partial charge is 0.254 e. The van der Waals surface area contributed by atoms with E-state index in [4.69, 9.17) is 0 Å². The Labute approximate surface area is 92.8 Å². The van der Waals surface area contributed by atoms with Crippen LogP contribution in [0.4, 0.5) is 8.78 Å². The predicted octanol–water partition coefficient (Wildman–Crippen LogP) is 1.30. The van der Waals surface area contributed by atoms with Crippen LogP contribution in [0.15, 0.2) is 18.2 Å². The van der Waals surface area contributed by atoms with Crippen molar-refractivity contribution in [3.05, 3.63) is 35.4 Å². The van der Waals surface area contributed by atoms with Crippen LogP contribution in [0.3, 0.4) is 0 Å². The van der Waals surface area contributed by atoms with Crippen molar-refractivity contribution in [1.29, 1.82) is 0 Å². The molecule has 0 heterocycles.